The van der Waals surface area contributed by atoms with Crippen molar-refractivity contribution >= 4 is 23.6 Å². The highest BCUT2D eigenvalue weighted by Gasteiger charge is 2.48. The minimum absolute atomic E-state index is 0.0577. The Balaban J connectivity index is 1.93. The first-order valence-electron chi connectivity index (χ1n) is 8.41. The summed E-state index contributed by atoms with van der Waals surface area (Å²) in [6.45, 7) is 2.42. The largest absolute Gasteiger partial charge is 0.494 e. The van der Waals surface area contributed by atoms with Gasteiger partial charge in [-0.1, -0.05) is 23.7 Å². The molecule has 4 nitrogen and oxygen atoms in total. The van der Waals surface area contributed by atoms with Crippen LogP contribution in [-0.4, -0.2) is 30.0 Å². The van der Waals surface area contributed by atoms with Crippen molar-refractivity contribution in [2.24, 2.45) is 0 Å². The van der Waals surface area contributed by atoms with Crippen molar-refractivity contribution in [3.05, 3.63) is 63.7 Å². The molecule has 0 aromatic heterocycles. The number of carboxylic acid groups (broad SMARTS) is 1. The van der Waals surface area contributed by atoms with Gasteiger partial charge in [0.15, 0.2) is 0 Å². The van der Waals surface area contributed by atoms with E-state index in [1.54, 1.807) is 12.1 Å². The van der Waals surface area contributed by atoms with Gasteiger partial charge in [-0.05, 0) is 54.8 Å². The molecule has 1 unspecified atom stereocenters. The number of aliphatic carboxylic acids is 1. The fraction of sp³-hybridized carbons (Fsp3) is 0.250. The van der Waals surface area contributed by atoms with Crippen LogP contribution in [-0.2, 0) is 11.2 Å². The van der Waals surface area contributed by atoms with Crippen molar-refractivity contribution in [3.63, 3.8) is 0 Å². The van der Waals surface area contributed by atoms with E-state index < -0.39 is 23.8 Å². The highest BCUT2D eigenvalue weighted by Crippen LogP contribution is 2.39. The van der Waals surface area contributed by atoms with Gasteiger partial charge in [-0.15, -0.1) is 0 Å². The number of rotatable bonds is 5. The SMILES string of the molecule is CCOc1ccc(Cc2cc3c(cc2Cl)C=C(C(=O)O)C(C(F)(F)F)O3)cc1. The van der Waals surface area contributed by atoms with Crippen LogP contribution < -0.4 is 9.47 Å². The van der Waals surface area contributed by atoms with Crippen LogP contribution >= 0.6 is 11.6 Å². The molecule has 8 heteroatoms. The number of fused-ring (bicyclic) bond motifs is 1. The monoisotopic (exact) mass is 412 g/mol. The zero-order valence-electron chi connectivity index (χ0n) is 14.7. The van der Waals surface area contributed by atoms with Crippen LogP contribution in [0.2, 0.25) is 5.02 Å². The summed E-state index contributed by atoms with van der Waals surface area (Å²) in [6, 6.07) is 10.1. The van der Waals surface area contributed by atoms with Gasteiger partial charge in [0.25, 0.3) is 0 Å². The summed E-state index contributed by atoms with van der Waals surface area (Å²) in [5.41, 5.74) is 0.765. The number of halogens is 4. The Morgan fingerprint density at radius 3 is 2.50 bits per heavy atom. The third-order valence-corrected chi connectivity index (χ3v) is 4.54. The average molecular weight is 413 g/mol. The standard InChI is InChI=1S/C20H16ClF3O4/c1-2-27-14-5-3-11(4-6-14)7-12-10-17-13(9-16(12)21)8-15(19(25)26)18(28-17)20(22,23)24/h3-6,8-10,18H,2,7H2,1H3,(H,25,26). The van der Waals surface area contributed by atoms with Gasteiger partial charge < -0.3 is 14.6 Å². The van der Waals surface area contributed by atoms with Gasteiger partial charge >= 0.3 is 12.1 Å². The molecule has 0 fully saturated rings. The highest BCUT2D eigenvalue weighted by atomic mass is 35.5. The van der Waals surface area contributed by atoms with Crippen LogP contribution in [0.15, 0.2) is 42.0 Å². The molecule has 1 aliphatic rings. The summed E-state index contributed by atoms with van der Waals surface area (Å²) >= 11 is 6.27. The summed E-state index contributed by atoms with van der Waals surface area (Å²) in [6.07, 6.45) is -6.06. The quantitative estimate of drug-likeness (QED) is 0.740. The number of hydrogen-bond acceptors (Lipinski definition) is 3. The lowest BCUT2D eigenvalue weighted by Crippen LogP contribution is -2.40. The van der Waals surface area contributed by atoms with E-state index in [0.29, 0.717) is 29.4 Å². The maximum atomic E-state index is 13.2. The maximum absolute atomic E-state index is 13.2. The molecule has 2 aromatic carbocycles. The molecule has 0 radical (unpaired) electrons. The van der Waals surface area contributed by atoms with Crippen molar-refractivity contribution in [3.8, 4) is 11.5 Å². The van der Waals surface area contributed by atoms with Gasteiger partial charge in [0.1, 0.15) is 11.5 Å². The fourth-order valence-corrected chi connectivity index (χ4v) is 3.14. The number of carboxylic acids is 1. The van der Waals surface area contributed by atoms with Gasteiger partial charge in [0, 0.05) is 10.6 Å². The maximum Gasteiger partial charge on any atom is 0.430 e. The molecule has 1 aliphatic heterocycles. The number of benzene rings is 2. The molecule has 0 amide bonds. The van der Waals surface area contributed by atoms with Crippen molar-refractivity contribution < 1.29 is 32.5 Å². The number of hydrogen-bond donors (Lipinski definition) is 1. The Hall–Kier alpha value is -2.67. The molecule has 0 aliphatic carbocycles. The lowest BCUT2D eigenvalue weighted by Gasteiger charge is -2.27. The van der Waals surface area contributed by atoms with Crippen LogP contribution in [0.3, 0.4) is 0 Å². The molecule has 0 spiro atoms. The highest BCUT2D eigenvalue weighted by molar-refractivity contribution is 6.31. The minimum Gasteiger partial charge on any atom is -0.494 e. The van der Waals surface area contributed by atoms with Crippen LogP contribution in [0.5, 0.6) is 11.5 Å². The lowest BCUT2D eigenvalue weighted by molar-refractivity contribution is -0.187. The van der Waals surface area contributed by atoms with Crippen molar-refractivity contribution in [1.82, 2.24) is 0 Å². The first-order chi connectivity index (χ1) is 13.2. The van der Waals surface area contributed by atoms with E-state index in [-0.39, 0.29) is 11.3 Å². The zero-order chi connectivity index (χ0) is 20.5. The summed E-state index contributed by atoms with van der Waals surface area (Å²) in [4.78, 5) is 11.2. The molecular formula is C20H16ClF3O4. The van der Waals surface area contributed by atoms with E-state index >= 15 is 0 Å². The van der Waals surface area contributed by atoms with Crippen molar-refractivity contribution in [1.29, 1.82) is 0 Å². The average Bonchev–Trinajstić information content (AvgIpc) is 2.62. The predicted octanol–water partition coefficient (Wildman–Crippen LogP) is 5.12. The fourth-order valence-electron chi connectivity index (χ4n) is 2.90. The van der Waals surface area contributed by atoms with Gasteiger partial charge in [-0.2, -0.15) is 13.2 Å². The third-order valence-electron chi connectivity index (χ3n) is 4.19. The van der Waals surface area contributed by atoms with E-state index in [4.69, 9.17) is 26.2 Å². The molecule has 1 heterocycles. The second-order valence-electron chi connectivity index (χ2n) is 6.18. The van der Waals surface area contributed by atoms with E-state index in [1.165, 1.54) is 12.1 Å². The van der Waals surface area contributed by atoms with Crippen LogP contribution in [0.25, 0.3) is 6.08 Å². The second-order valence-corrected chi connectivity index (χ2v) is 6.59. The molecular weight excluding hydrogens is 397 g/mol. The van der Waals surface area contributed by atoms with Gasteiger partial charge in [-0.3, -0.25) is 0 Å². The molecule has 0 saturated heterocycles. The summed E-state index contributed by atoms with van der Waals surface area (Å²) in [7, 11) is 0. The number of ether oxygens (including phenoxy) is 2. The molecule has 28 heavy (non-hydrogen) atoms. The van der Waals surface area contributed by atoms with Gasteiger partial charge in [0.05, 0.1) is 12.2 Å². The van der Waals surface area contributed by atoms with Gasteiger partial charge in [-0.25, -0.2) is 4.79 Å². The summed E-state index contributed by atoms with van der Waals surface area (Å²) < 4.78 is 50.0. The van der Waals surface area contributed by atoms with Gasteiger partial charge in [0.2, 0.25) is 6.10 Å². The van der Waals surface area contributed by atoms with Crippen molar-refractivity contribution in [2.75, 3.05) is 6.61 Å². The molecule has 0 saturated carbocycles. The molecule has 2 aromatic rings. The smallest absolute Gasteiger partial charge is 0.430 e. The van der Waals surface area contributed by atoms with E-state index in [1.807, 2.05) is 19.1 Å². The minimum atomic E-state index is -4.85. The van der Waals surface area contributed by atoms with Crippen LogP contribution in [0.1, 0.15) is 23.6 Å². The first-order valence-corrected chi connectivity index (χ1v) is 8.79. The lowest BCUT2D eigenvalue weighted by atomic mass is 9.97. The zero-order valence-corrected chi connectivity index (χ0v) is 15.5. The molecule has 3 rings (SSSR count). The Labute approximate surface area is 164 Å². The number of alkyl halides is 3. The Morgan fingerprint density at radius 2 is 1.93 bits per heavy atom. The first kappa shape index (κ1) is 20.1. The second kappa shape index (κ2) is 7.75. The Kier molecular flexibility index (Phi) is 5.56. The van der Waals surface area contributed by atoms with Crippen LogP contribution in [0.4, 0.5) is 13.2 Å². The summed E-state index contributed by atoms with van der Waals surface area (Å²) in [5, 5.41) is 9.39. The van der Waals surface area contributed by atoms with E-state index in [0.717, 1.165) is 11.6 Å². The summed E-state index contributed by atoms with van der Waals surface area (Å²) in [5.74, 6) is -1.04. The predicted molar refractivity (Wildman–Crippen MR) is 98.0 cm³/mol. The third kappa shape index (κ3) is 4.25. The van der Waals surface area contributed by atoms with Crippen molar-refractivity contribution in [2.45, 2.75) is 25.6 Å². The molecule has 1 N–H and O–H groups in total. The van der Waals surface area contributed by atoms with Crippen LogP contribution in [0, 0.1) is 0 Å². The Bertz CT molecular complexity index is 920. The normalized spacial score (nSPS) is 16.0. The molecule has 0 bridgehead atoms. The topological polar surface area (TPSA) is 55.8 Å². The number of carbonyl (C=O) groups is 1. The van der Waals surface area contributed by atoms with E-state index in [9.17, 15) is 18.0 Å². The Morgan fingerprint density at radius 1 is 1.25 bits per heavy atom. The molecule has 1 atom stereocenters. The molecule has 148 valence electrons. The van der Waals surface area contributed by atoms with E-state index in [2.05, 4.69) is 0 Å².